The number of hydrogen-bond donors (Lipinski definition) is 2. The zero-order valence-corrected chi connectivity index (χ0v) is 19.8. The van der Waals surface area contributed by atoms with E-state index in [9.17, 15) is 25.9 Å². The summed E-state index contributed by atoms with van der Waals surface area (Å²) in [6.45, 7) is 0. The number of nitrogens with zero attached hydrogens (tertiary/aromatic N) is 2. The molecule has 0 aliphatic carbocycles. The maximum absolute atomic E-state index is 12.4. The first kappa shape index (κ1) is 23.6. The van der Waals surface area contributed by atoms with Gasteiger partial charge in [-0.3, -0.25) is 9.11 Å². The van der Waals surface area contributed by atoms with E-state index in [0.29, 0.717) is 11.1 Å². The summed E-state index contributed by atoms with van der Waals surface area (Å²) < 4.78 is 81.2. The van der Waals surface area contributed by atoms with E-state index < -0.39 is 30.0 Å². The van der Waals surface area contributed by atoms with E-state index in [1.807, 2.05) is 0 Å². The van der Waals surface area contributed by atoms with Crippen LogP contribution in [0.25, 0.3) is 45.6 Å². The first-order valence-electron chi connectivity index (χ1n) is 10.3. The van der Waals surface area contributed by atoms with Gasteiger partial charge >= 0.3 is 0 Å². The minimum atomic E-state index is -5.24. The molecular weight excluding hydrogens is 508 g/mol. The van der Waals surface area contributed by atoms with Gasteiger partial charge in [0, 0.05) is 11.1 Å². The average molecular weight is 525 g/mol. The first-order valence-corrected chi connectivity index (χ1v) is 13.2. The Bertz CT molecular complexity index is 1640. The first-order chi connectivity index (χ1) is 17.1. The molecule has 2 aromatic heterocycles. The Morgan fingerprint density at radius 1 is 0.556 bits per heavy atom. The van der Waals surface area contributed by atoms with Gasteiger partial charge in [0.05, 0.1) is 23.5 Å². The van der Waals surface area contributed by atoms with Crippen molar-refractivity contribution in [2.24, 2.45) is 0 Å². The Kier molecular flexibility index (Phi) is 5.80. The molecule has 182 valence electrons. The minimum absolute atomic E-state index is 0.268. The SMILES string of the molecule is O=S(=O)(O)c1c(-c2ncc(-c3ccccc3)o2)ccc(-c2ncc(-c3ccccc3)o2)c1S(=O)(=O)O. The summed E-state index contributed by atoms with van der Waals surface area (Å²) in [5.41, 5.74) is 0.491. The predicted octanol–water partition coefficient (Wildman–Crippen LogP) is 4.82. The molecule has 0 aliphatic rings. The van der Waals surface area contributed by atoms with E-state index in [4.69, 9.17) is 8.83 Å². The van der Waals surface area contributed by atoms with Gasteiger partial charge in [-0.05, 0) is 12.1 Å². The summed E-state index contributed by atoms with van der Waals surface area (Å²) in [6, 6.07) is 19.9. The van der Waals surface area contributed by atoms with E-state index in [1.54, 1.807) is 60.7 Å². The van der Waals surface area contributed by atoms with Crippen molar-refractivity contribution in [3.63, 3.8) is 0 Å². The molecule has 36 heavy (non-hydrogen) atoms. The number of aromatic nitrogens is 2. The molecular formula is C24H16N2O8S2. The molecule has 0 bridgehead atoms. The van der Waals surface area contributed by atoms with Crippen LogP contribution < -0.4 is 0 Å². The fourth-order valence-electron chi connectivity index (χ4n) is 3.68. The quantitative estimate of drug-likeness (QED) is 0.294. The van der Waals surface area contributed by atoms with Crippen molar-refractivity contribution < 1.29 is 34.8 Å². The van der Waals surface area contributed by atoms with E-state index >= 15 is 0 Å². The third-order valence-electron chi connectivity index (χ3n) is 5.22. The summed E-state index contributed by atoms with van der Waals surface area (Å²) in [7, 11) is -10.5. The van der Waals surface area contributed by atoms with Crippen LogP contribution in [-0.2, 0) is 20.2 Å². The Labute approximate surface area is 205 Å². The summed E-state index contributed by atoms with van der Waals surface area (Å²) in [4.78, 5) is 5.85. The molecule has 0 spiro atoms. The smallest absolute Gasteiger partial charge is 0.296 e. The molecule has 0 saturated carbocycles. The number of oxazole rings is 2. The fraction of sp³-hybridized carbons (Fsp3) is 0. The van der Waals surface area contributed by atoms with Crippen LogP contribution in [-0.4, -0.2) is 35.9 Å². The van der Waals surface area contributed by atoms with Crippen molar-refractivity contribution in [2.45, 2.75) is 9.79 Å². The molecule has 5 aromatic rings. The second-order valence-corrected chi connectivity index (χ2v) is 10.3. The third kappa shape index (κ3) is 4.45. The number of hydrogen-bond acceptors (Lipinski definition) is 8. The van der Waals surface area contributed by atoms with E-state index in [0.717, 1.165) is 0 Å². The van der Waals surface area contributed by atoms with Gasteiger partial charge in [0.1, 0.15) is 9.79 Å². The van der Waals surface area contributed by atoms with Gasteiger partial charge in [0.15, 0.2) is 11.5 Å². The summed E-state index contributed by atoms with van der Waals surface area (Å²) in [6.07, 6.45) is 2.64. The van der Waals surface area contributed by atoms with Gasteiger partial charge < -0.3 is 8.83 Å². The number of rotatable bonds is 6. The van der Waals surface area contributed by atoms with Gasteiger partial charge in [-0.15, -0.1) is 0 Å². The largest absolute Gasteiger partial charge is 0.436 e. The maximum atomic E-state index is 12.4. The van der Waals surface area contributed by atoms with Crippen LogP contribution >= 0.6 is 0 Å². The molecule has 0 atom stereocenters. The third-order valence-corrected chi connectivity index (χ3v) is 7.23. The summed E-state index contributed by atoms with van der Waals surface area (Å²) in [5.74, 6) is -0.0558. The van der Waals surface area contributed by atoms with E-state index in [-0.39, 0.29) is 34.4 Å². The van der Waals surface area contributed by atoms with Crippen LogP contribution in [0.15, 0.2) is 104 Å². The standard InChI is InChI=1S/C24H16N2O8S2/c27-35(28,29)21-17(23-25-13-19(33-23)15-7-3-1-4-8-15)11-12-18(22(21)36(30,31)32)24-26-14-20(34-24)16-9-5-2-6-10-16/h1-14H,(H,27,28,29)(H,30,31,32). The van der Waals surface area contributed by atoms with Crippen LogP contribution in [0, 0.1) is 0 Å². The van der Waals surface area contributed by atoms with Crippen LogP contribution in [0.1, 0.15) is 0 Å². The van der Waals surface area contributed by atoms with Gasteiger partial charge in [0.25, 0.3) is 20.2 Å². The fourth-order valence-corrected chi connectivity index (χ4v) is 5.87. The highest BCUT2D eigenvalue weighted by Gasteiger charge is 2.34. The lowest BCUT2D eigenvalue weighted by Gasteiger charge is -2.12. The van der Waals surface area contributed by atoms with Gasteiger partial charge in [-0.1, -0.05) is 60.7 Å². The summed E-state index contributed by atoms with van der Waals surface area (Å²) in [5, 5.41) is 0. The lowest BCUT2D eigenvalue weighted by atomic mass is 10.1. The molecule has 10 nitrogen and oxygen atoms in total. The number of benzene rings is 3. The Morgan fingerprint density at radius 2 is 0.917 bits per heavy atom. The summed E-state index contributed by atoms with van der Waals surface area (Å²) >= 11 is 0. The van der Waals surface area contributed by atoms with Gasteiger partial charge in [0.2, 0.25) is 11.8 Å². The van der Waals surface area contributed by atoms with Crippen molar-refractivity contribution in [1.82, 2.24) is 9.97 Å². The van der Waals surface area contributed by atoms with Crippen molar-refractivity contribution in [3.8, 4) is 45.6 Å². The molecule has 0 saturated heterocycles. The molecule has 0 fully saturated rings. The Balaban J connectivity index is 1.73. The molecule has 0 unspecified atom stereocenters. The Morgan fingerprint density at radius 3 is 1.25 bits per heavy atom. The van der Waals surface area contributed by atoms with E-state index in [1.165, 1.54) is 24.5 Å². The van der Waals surface area contributed by atoms with Crippen LogP contribution in [0.3, 0.4) is 0 Å². The average Bonchev–Trinajstić information content (AvgIpc) is 3.54. The molecule has 12 heteroatoms. The van der Waals surface area contributed by atoms with Crippen molar-refractivity contribution in [1.29, 1.82) is 0 Å². The molecule has 0 aliphatic heterocycles. The predicted molar refractivity (Wildman–Crippen MR) is 128 cm³/mol. The van der Waals surface area contributed by atoms with Gasteiger partial charge in [-0.25, -0.2) is 9.97 Å². The monoisotopic (exact) mass is 524 g/mol. The molecule has 5 rings (SSSR count). The zero-order chi connectivity index (χ0) is 25.5. The molecule has 3 aromatic carbocycles. The minimum Gasteiger partial charge on any atom is -0.436 e. The molecule has 0 radical (unpaired) electrons. The second kappa shape index (κ2) is 8.84. The van der Waals surface area contributed by atoms with Gasteiger partial charge in [-0.2, -0.15) is 16.8 Å². The lowest BCUT2D eigenvalue weighted by Crippen LogP contribution is -2.12. The van der Waals surface area contributed by atoms with Crippen LogP contribution in [0.4, 0.5) is 0 Å². The van der Waals surface area contributed by atoms with E-state index in [2.05, 4.69) is 9.97 Å². The van der Waals surface area contributed by atoms with Crippen molar-refractivity contribution in [2.75, 3.05) is 0 Å². The lowest BCUT2D eigenvalue weighted by molar-refractivity contribution is 0.466. The van der Waals surface area contributed by atoms with Crippen molar-refractivity contribution >= 4 is 20.2 Å². The Hall–Kier alpha value is -4.10. The molecule has 2 heterocycles. The highest BCUT2D eigenvalue weighted by atomic mass is 32.2. The zero-order valence-electron chi connectivity index (χ0n) is 18.1. The molecule has 0 amide bonds. The van der Waals surface area contributed by atoms with Crippen molar-refractivity contribution in [3.05, 3.63) is 85.2 Å². The van der Waals surface area contributed by atoms with Crippen LogP contribution in [0.5, 0.6) is 0 Å². The highest BCUT2D eigenvalue weighted by molar-refractivity contribution is 7.89. The highest BCUT2D eigenvalue weighted by Crippen LogP contribution is 2.40. The molecule has 2 N–H and O–H groups in total. The topological polar surface area (TPSA) is 161 Å². The maximum Gasteiger partial charge on any atom is 0.296 e. The van der Waals surface area contributed by atoms with Crippen LogP contribution in [0.2, 0.25) is 0 Å². The normalized spacial score (nSPS) is 12.1. The second-order valence-electron chi connectivity index (χ2n) is 7.56.